The number of ether oxygens (including phenoxy) is 2. The molecule has 0 aliphatic carbocycles. The molecule has 1 heterocycles. The van der Waals surface area contributed by atoms with Gasteiger partial charge in [0.1, 0.15) is 12.9 Å². The number of nitrogens with zero attached hydrogens (tertiary/aromatic N) is 1. The Bertz CT molecular complexity index is 1500. The molecule has 0 aliphatic rings. The van der Waals surface area contributed by atoms with Crippen LogP contribution in [0, 0.1) is 5.82 Å². The van der Waals surface area contributed by atoms with Gasteiger partial charge in [0, 0.05) is 22.6 Å². The van der Waals surface area contributed by atoms with E-state index in [9.17, 15) is 4.39 Å². The van der Waals surface area contributed by atoms with Gasteiger partial charge < -0.3 is 33.5 Å². The van der Waals surface area contributed by atoms with Crippen LogP contribution in [-0.2, 0) is 7.05 Å². The largest absolute Gasteiger partial charge is 1.00 e. The Morgan fingerprint density at radius 2 is 1.40 bits per heavy atom. The van der Waals surface area contributed by atoms with Crippen molar-refractivity contribution in [2.24, 2.45) is 7.05 Å². The second-order valence-electron chi connectivity index (χ2n) is 8.25. The van der Waals surface area contributed by atoms with Gasteiger partial charge in [-0.1, -0.05) is 42.5 Å². The molecule has 0 saturated heterocycles. The zero-order valence-electron chi connectivity index (χ0n) is 19.8. The van der Waals surface area contributed by atoms with E-state index in [1.807, 2.05) is 30.3 Å². The number of pyridine rings is 1. The highest BCUT2D eigenvalue weighted by Crippen LogP contribution is 2.42. The molecule has 0 fully saturated rings. The second kappa shape index (κ2) is 10.4. The quantitative estimate of drug-likeness (QED) is 0.234. The molecule has 0 amide bonds. The molecule has 176 valence electrons. The first-order valence-electron chi connectivity index (χ1n) is 11.1. The van der Waals surface area contributed by atoms with E-state index in [2.05, 4.69) is 54.2 Å². The summed E-state index contributed by atoms with van der Waals surface area (Å²) in [6.45, 7) is 0. The Labute approximate surface area is 221 Å². The lowest BCUT2D eigenvalue weighted by Crippen LogP contribution is -3.00. The second-order valence-corrected chi connectivity index (χ2v) is 8.25. The van der Waals surface area contributed by atoms with Gasteiger partial charge in [0.2, 0.25) is 5.52 Å². The van der Waals surface area contributed by atoms with Crippen molar-refractivity contribution >= 4 is 10.9 Å². The van der Waals surface area contributed by atoms with Crippen LogP contribution < -0.4 is 38.0 Å². The van der Waals surface area contributed by atoms with E-state index >= 15 is 0 Å². The van der Waals surface area contributed by atoms with Crippen molar-refractivity contribution in [2.45, 2.75) is 0 Å². The van der Waals surface area contributed by atoms with Gasteiger partial charge in [0.05, 0.1) is 14.2 Å². The Kier molecular flexibility index (Phi) is 7.36. The summed E-state index contributed by atoms with van der Waals surface area (Å²) in [7, 11) is 5.36. The summed E-state index contributed by atoms with van der Waals surface area (Å²) in [5.41, 5.74) is 7.15. The fourth-order valence-corrected chi connectivity index (χ4v) is 4.43. The highest BCUT2D eigenvalue weighted by atomic mass is 127. The van der Waals surface area contributed by atoms with Crippen LogP contribution in [0.5, 0.6) is 11.5 Å². The van der Waals surface area contributed by atoms with Crippen LogP contribution in [0.15, 0.2) is 97.2 Å². The lowest BCUT2D eigenvalue weighted by Gasteiger charge is -2.16. The van der Waals surface area contributed by atoms with Crippen LogP contribution in [0.3, 0.4) is 0 Å². The first-order chi connectivity index (χ1) is 16.6. The van der Waals surface area contributed by atoms with Gasteiger partial charge in [-0.2, -0.15) is 0 Å². The number of methoxy groups -OCH3 is 2. The van der Waals surface area contributed by atoms with E-state index in [4.69, 9.17) is 9.47 Å². The van der Waals surface area contributed by atoms with Crippen molar-refractivity contribution < 1.29 is 42.4 Å². The minimum absolute atomic E-state index is 0. The zero-order valence-corrected chi connectivity index (χ0v) is 21.9. The van der Waals surface area contributed by atoms with E-state index in [1.54, 1.807) is 26.4 Å². The molecule has 5 heteroatoms. The number of aryl methyl sites for hydroxylation is 1. The number of benzene rings is 4. The molecule has 0 radical (unpaired) electrons. The van der Waals surface area contributed by atoms with Crippen molar-refractivity contribution in [2.75, 3.05) is 14.2 Å². The van der Waals surface area contributed by atoms with Crippen molar-refractivity contribution in [1.82, 2.24) is 0 Å². The lowest BCUT2D eigenvalue weighted by molar-refractivity contribution is -0.644. The topological polar surface area (TPSA) is 22.3 Å². The summed E-state index contributed by atoms with van der Waals surface area (Å²) < 4.78 is 27.1. The maximum Gasteiger partial charge on any atom is 0.212 e. The molecule has 0 unspecified atom stereocenters. The van der Waals surface area contributed by atoms with E-state index in [0.29, 0.717) is 11.5 Å². The van der Waals surface area contributed by atoms with Crippen molar-refractivity contribution in [1.29, 1.82) is 0 Å². The molecule has 0 aliphatic heterocycles. The summed E-state index contributed by atoms with van der Waals surface area (Å²) in [4.78, 5) is 0. The summed E-state index contributed by atoms with van der Waals surface area (Å²) >= 11 is 0. The standard InChI is InChI=1S/C30H25FNO2.HI/c1-32-19-25(16-23-7-4-5-10-28(23)32)24-17-27(30(34-3)29(18-24)33-2)22-9-6-8-21(15-22)20-11-13-26(31)14-12-20;/h4-19H,1-3H3;1H/q+1;/p-1. The van der Waals surface area contributed by atoms with Crippen molar-refractivity contribution in [3.05, 3.63) is 103 Å². The normalized spacial score (nSPS) is 10.6. The molecule has 0 bridgehead atoms. The number of hydrogen-bond donors (Lipinski definition) is 0. The van der Waals surface area contributed by atoms with Crippen LogP contribution in [0.4, 0.5) is 4.39 Å². The number of aromatic nitrogens is 1. The van der Waals surface area contributed by atoms with E-state index in [1.165, 1.54) is 17.6 Å². The summed E-state index contributed by atoms with van der Waals surface area (Å²) in [6.07, 6.45) is 2.13. The van der Waals surface area contributed by atoms with Crippen molar-refractivity contribution in [3.8, 4) is 44.9 Å². The molecule has 0 atom stereocenters. The van der Waals surface area contributed by atoms with Gasteiger partial charge in [0.15, 0.2) is 17.7 Å². The molecule has 5 aromatic rings. The van der Waals surface area contributed by atoms with E-state index in [0.717, 1.165) is 38.8 Å². The fraction of sp³-hybridized carbons (Fsp3) is 0.100. The number of hydrogen-bond acceptors (Lipinski definition) is 2. The van der Waals surface area contributed by atoms with Crippen LogP contribution >= 0.6 is 0 Å². The third kappa shape index (κ3) is 4.86. The summed E-state index contributed by atoms with van der Waals surface area (Å²) in [5.74, 6) is 1.09. The predicted molar refractivity (Wildman–Crippen MR) is 134 cm³/mol. The summed E-state index contributed by atoms with van der Waals surface area (Å²) in [5, 5.41) is 1.16. The minimum Gasteiger partial charge on any atom is -1.00 e. The molecule has 0 saturated carbocycles. The number of rotatable bonds is 5. The monoisotopic (exact) mass is 577 g/mol. The Hall–Kier alpha value is -3.45. The summed E-state index contributed by atoms with van der Waals surface area (Å²) in [6, 6.07) is 29.4. The average molecular weight is 577 g/mol. The molecule has 35 heavy (non-hydrogen) atoms. The maximum absolute atomic E-state index is 13.4. The molecule has 1 aromatic heterocycles. The third-order valence-electron chi connectivity index (χ3n) is 6.12. The van der Waals surface area contributed by atoms with Crippen LogP contribution in [0.25, 0.3) is 44.3 Å². The van der Waals surface area contributed by atoms with Gasteiger partial charge in [-0.25, -0.2) is 8.96 Å². The van der Waals surface area contributed by atoms with Crippen molar-refractivity contribution in [3.63, 3.8) is 0 Å². The molecule has 0 spiro atoms. The smallest absolute Gasteiger partial charge is 0.212 e. The average Bonchev–Trinajstić information content (AvgIpc) is 2.88. The highest BCUT2D eigenvalue weighted by molar-refractivity contribution is 5.86. The van der Waals surface area contributed by atoms with Crippen LogP contribution in [0.1, 0.15) is 0 Å². The van der Waals surface area contributed by atoms with Gasteiger partial charge in [-0.3, -0.25) is 0 Å². The van der Waals surface area contributed by atoms with Crippen LogP contribution in [-0.4, -0.2) is 14.2 Å². The van der Waals surface area contributed by atoms with Crippen LogP contribution in [0.2, 0.25) is 0 Å². The van der Waals surface area contributed by atoms with Gasteiger partial charge in [-0.05, 0) is 64.7 Å². The fourth-order valence-electron chi connectivity index (χ4n) is 4.43. The molecule has 5 rings (SSSR count). The number of halogens is 2. The van der Waals surface area contributed by atoms with E-state index in [-0.39, 0.29) is 29.8 Å². The molecule has 0 N–H and O–H groups in total. The predicted octanol–water partition coefficient (Wildman–Crippen LogP) is 3.83. The number of para-hydroxylation sites is 1. The van der Waals surface area contributed by atoms with Gasteiger partial charge >= 0.3 is 0 Å². The Morgan fingerprint density at radius 1 is 0.657 bits per heavy atom. The molecule has 4 aromatic carbocycles. The molecular formula is C30H25FINO2. The minimum atomic E-state index is -0.248. The zero-order chi connectivity index (χ0) is 23.7. The third-order valence-corrected chi connectivity index (χ3v) is 6.12. The highest BCUT2D eigenvalue weighted by Gasteiger charge is 2.18. The molecular weight excluding hydrogens is 552 g/mol. The Balaban J connectivity index is 0.00000289. The Morgan fingerprint density at radius 3 is 2.14 bits per heavy atom. The first kappa shape index (κ1) is 24.7. The molecule has 3 nitrogen and oxygen atoms in total. The van der Waals surface area contributed by atoms with Gasteiger partial charge in [0.25, 0.3) is 0 Å². The van der Waals surface area contributed by atoms with Gasteiger partial charge in [-0.15, -0.1) is 0 Å². The first-order valence-corrected chi connectivity index (χ1v) is 11.1. The number of fused-ring (bicyclic) bond motifs is 1. The lowest BCUT2D eigenvalue weighted by atomic mass is 9.95. The SMILES string of the molecule is COc1cc(-c2cc3ccccc3[n+](C)c2)cc(-c2cccc(-c3ccc(F)cc3)c2)c1OC.[I-]. The van der Waals surface area contributed by atoms with E-state index < -0.39 is 0 Å². The maximum atomic E-state index is 13.4.